The lowest BCUT2D eigenvalue weighted by atomic mass is 10.2. The van der Waals surface area contributed by atoms with E-state index in [0.29, 0.717) is 29.5 Å². The molecule has 26 heavy (non-hydrogen) atoms. The lowest BCUT2D eigenvalue weighted by molar-refractivity contribution is 0.0853. The van der Waals surface area contributed by atoms with Gasteiger partial charge in [-0.25, -0.2) is 9.97 Å². The standard InChI is InChI=1S/C18H22N4O4/c1-24-12-5-6-16(25-2)14(8-12)22-17-11-19-15(10-20-17)18(23)21-9-13-4-3-7-26-13/h5-6,8,10-11,13H,3-4,7,9H2,1-2H3,(H,20,22)(H,21,23). The third kappa shape index (κ3) is 4.40. The molecule has 1 unspecified atom stereocenters. The van der Waals surface area contributed by atoms with E-state index in [4.69, 9.17) is 14.2 Å². The summed E-state index contributed by atoms with van der Waals surface area (Å²) in [5.74, 6) is 1.56. The van der Waals surface area contributed by atoms with E-state index in [-0.39, 0.29) is 17.7 Å². The molecule has 1 aliphatic rings. The normalized spacial score (nSPS) is 16.2. The fraction of sp³-hybridized carbons (Fsp3) is 0.389. The Kier molecular flexibility index (Phi) is 5.85. The highest BCUT2D eigenvalue weighted by atomic mass is 16.5. The van der Waals surface area contributed by atoms with Crippen molar-refractivity contribution in [1.82, 2.24) is 15.3 Å². The van der Waals surface area contributed by atoms with Gasteiger partial charge in [0.1, 0.15) is 23.0 Å². The first kappa shape index (κ1) is 17.9. The van der Waals surface area contributed by atoms with E-state index in [1.807, 2.05) is 0 Å². The van der Waals surface area contributed by atoms with E-state index >= 15 is 0 Å². The summed E-state index contributed by atoms with van der Waals surface area (Å²) in [5.41, 5.74) is 0.947. The Hall–Kier alpha value is -2.87. The minimum atomic E-state index is -0.265. The van der Waals surface area contributed by atoms with E-state index in [2.05, 4.69) is 20.6 Å². The quantitative estimate of drug-likeness (QED) is 0.783. The molecule has 3 rings (SSSR count). The fourth-order valence-electron chi connectivity index (χ4n) is 2.66. The van der Waals surface area contributed by atoms with Gasteiger partial charge in [0, 0.05) is 19.2 Å². The molecule has 1 aromatic heterocycles. The minimum Gasteiger partial charge on any atom is -0.497 e. The SMILES string of the molecule is COc1ccc(OC)c(Nc2cnc(C(=O)NCC3CCCO3)cn2)c1. The summed E-state index contributed by atoms with van der Waals surface area (Å²) in [6.45, 7) is 1.25. The fourth-order valence-corrected chi connectivity index (χ4v) is 2.66. The van der Waals surface area contributed by atoms with Gasteiger partial charge in [-0.2, -0.15) is 0 Å². The van der Waals surface area contributed by atoms with E-state index in [0.717, 1.165) is 19.4 Å². The molecule has 0 aliphatic carbocycles. The highest BCUT2D eigenvalue weighted by molar-refractivity contribution is 5.92. The van der Waals surface area contributed by atoms with Gasteiger partial charge in [-0.1, -0.05) is 0 Å². The Morgan fingerprint density at radius 3 is 2.81 bits per heavy atom. The van der Waals surface area contributed by atoms with Crippen molar-refractivity contribution in [2.75, 3.05) is 32.7 Å². The number of carbonyl (C=O) groups is 1. The van der Waals surface area contributed by atoms with Crippen LogP contribution in [0, 0.1) is 0 Å². The van der Waals surface area contributed by atoms with Crippen molar-refractivity contribution in [3.8, 4) is 11.5 Å². The first-order valence-corrected chi connectivity index (χ1v) is 8.40. The van der Waals surface area contributed by atoms with Crippen molar-refractivity contribution >= 4 is 17.4 Å². The van der Waals surface area contributed by atoms with Crippen LogP contribution in [0.2, 0.25) is 0 Å². The number of benzene rings is 1. The summed E-state index contributed by atoms with van der Waals surface area (Å²) in [7, 11) is 3.18. The van der Waals surface area contributed by atoms with Gasteiger partial charge in [0.2, 0.25) is 0 Å². The number of nitrogens with one attached hydrogen (secondary N) is 2. The molecular weight excluding hydrogens is 336 g/mol. The number of amides is 1. The molecule has 1 atom stereocenters. The summed E-state index contributed by atoms with van der Waals surface area (Å²) < 4.78 is 16.0. The maximum absolute atomic E-state index is 12.1. The first-order chi connectivity index (χ1) is 12.7. The molecule has 0 saturated carbocycles. The van der Waals surface area contributed by atoms with Crippen LogP contribution < -0.4 is 20.1 Å². The Bertz CT molecular complexity index is 745. The zero-order valence-electron chi connectivity index (χ0n) is 14.8. The molecule has 8 heteroatoms. The summed E-state index contributed by atoms with van der Waals surface area (Å²) >= 11 is 0. The molecule has 1 amide bonds. The van der Waals surface area contributed by atoms with Gasteiger partial charge in [-0.05, 0) is 25.0 Å². The molecule has 1 saturated heterocycles. The van der Waals surface area contributed by atoms with Crippen molar-refractivity contribution in [3.05, 3.63) is 36.3 Å². The second kappa shape index (κ2) is 8.48. The molecule has 1 aliphatic heterocycles. The lowest BCUT2D eigenvalue weighted by Crippen LogP contribution is -2.32. The molecule has 0 spiro atoms. The summed E-state index contributed by atoms with van der Waals surface area (Å²) in [4.78, 5) is 20.5. The number of hydrogen-bond acceptors (Lipinski definition) is 7. The molecule has 0 bridgehead atoms. The number of anilines is 2. The van der Waals surface area contributed by atoms with Crippen LogP contribution in [0.4, 0.5) is 11.5 Å². The number of nitrogens with zero attached hydrogens (tertiary/aromatic N) is 2. The maximum atomic E-state index is 12.1. The van der Waals surface area contributed by atoms with Crippen LogP contribution in [0.1, 0.15) is 23.3 Å². The smallest absolute Gasteiger partial charge is 0.271 e. The average Bonchev–Trinajstić information content (AvgIpc) is 3.20. The van der Waals surface area contributed by atoms with Crippen molar-refractivity contribution < 1.29 is 19.0 Å². The number of ether oxygens (including phenoxy) is 3. The summed E-state index contributed by atoms with van der Waals surface area (Å²) in [6, 6.07) is 5.39. The average molecular weight is 358 g/mol. The molecule has 138 valence electrons. The number of methoxy groups -OCH3 is 2. The van der Waals surface area contributed by atoms with Crippen LogP contribution in [0.25, 0.3) is 0 Å². The summed E-state index contributed by atoms with van der Waals surface area (Å²) in [5, 5.41) is 5.93. The van der Waals surface area contributed by atoms with E-state index in [9.17, 15) is 4.79 Å². The second-order valence-corrected chi connectivity index (χ2v) is 5.82. The Labute approximate surface area is 151 Å². The van der Waals surface area contributed by atoms with E-state index < -0.39 is 0 Å². The zero-order valence-corrected chi connectivity index (χ0v) is 14.8. The second-order valence-electron chi connectivity index (χ2n) is 5.82. The number of rotatable bonds is 7. The van der Waals surface area contributed by atoms with Crippen molar-refractivity contribution in [2.24, 2.45) is 0 Å². The van der Waals surface area contributed by atoms with E-state index in [1.54, 1.807) is 32.4 Å². The molecule has 0 radical (unpaired) electrons. The Morgan fingerprint density at radius 1 is 1.27 bits per heavy atom. The largest absolute Gasteiger partial charge is 0.497 e. The van der Waals surface area contributed by atoms with Gasteiger partial charge < -0.3 is 24.8 Å². The van der Waals surface area contributed by atoms with Gasteiger partial charge in [-0.3, -0.25) is 4.79 Å². The van der Waals surface area contributed by atoms with Gasteiger partial charge in [0.05, 0.1) is 38.4 Å². The Morgan fingerprint density at radius 2 is 2.15 bits per heavy atom. The van der Waals surface area contributed by atoms with Crippen LogP contribution in [-0.4, -0.2) is 49.4 Å². The maximum Gasteiger partial charge on any atom is 0.271 e. The predicted octanol–water partition coefficient (Wildman–Crippen LogP) is 2.15. The monoisotopic (exact) mass is 358 g/mol. The van der Waals surface area contributed by atoms with Gasteiger partial charge in [0.15, 0.2) is 0 Å². The van der Waals surface area contributed by atoms with Crippen LogP contribution in [-0.2, 0) is 4.74 Å². The third-order valence-corrected chi connectivity index (χ3v) is 4.07. The molecule has 2 heterocycles. The van der Waals surface area contributed by atoms with E-state index in [1.165, 1.54) is 12.4 Å². The van der Waals surface area contributed by atoms with Gasteiger partial charge in [0.25, 0.3) is 5.91 Å². The number of aromatic nitrogens is 2. The lowest BCUT2D eigenvalue weighted by Gasteiger charge is -2.12. The highest BCUT2D eigenvalue weighted by Crippen LogP contribution is 2.30. The van der Waals surface area contributed by atoms with Crippen LogP contribution >= 0.6 is 0 Å². The third-order valence-electron chi connectivity index (χ3n) is 4.07. The van der Waals surface area contributed by atoms with Crippen LogP contribution in [0.15, 0.2) is 30.6 Å². The Balaban J connectivity index is 1.63. The van der Waals surface area contributed by atoms with Crippen molar-refractivity contribution in [1.29, 1.82) is 0 Å². The van der Waals surface area contributed by atoms with Crippen molar-refractivity contribution in [2.45, 2.75) is 18.9 Å². The molecule has 2 aromatic rings. The molecular formula is C18H22N4O4. The zero-order chi connectivity index (χ0) is 18.4. The van der Waals surface area contributed by atoms with Gasteiger partial charge in [-0.15, -0.1) is 0 Å². The highest BCUT2D eigenvalue weighted by Gasteiger charge is 2.17. The molecule has 2 N–H and O–H groups in total. The first-order valence-electron chi connectivity index (χ1n) is 8.40. The molecule has 8 nitrogen and oxygen atoms in total. The number of hydrogen-bond donors (Lipinski definition) is 2. The molecule has 1 aromatic carbocycles. The molecule has 1 fully saturated rings. The number of carbonyl (C=O) groups excluding carboxylic acids is 1. The van der Waals surface area contributed by atoms with Crippen LogP contribution in [0.3, 0.4) is 0 Å². The summed E-state index contributed by atoms with van der Waals surface area (Å²) in [6.07, 6.45) is 5.03. The van der Waals surface area contributed by atoms with Gasteiger partial charge >= 0.3 is 0 Å². The minimum absolute atomic E-state index is 0.0911. The van der Waals surface area contributed by atoms with Crippen LogP contribution in [0.5, 0.6) is 11.5 Å². The van der Waals surface area contributed by atoms with Crippen molar-refractivity contribution in [3.63, 3.8) is 0 Å². The predicted molar refractivity (Wildman–Crippen MR) is 96.2 cm³/mol. The topological polar surface area (TPSA) is 94.6 Å².